The Morgan fingerprint density at radius 3 is 2.54 bits per heavy atom. The molecule has 0 aliphatic heterocycles. The van der Waals surface area contributed by atoms with Gasteiger partial charge in [-0.25, -0.2) is 4.39 Å². The number of aliphatic carboxylic acids is 1. The number of benzene rings is 2. The molecule has 0 aliphatic carbocycles. The molecule has 0 aliphatic rings. The molecule has 0 saturated heterocycles. The Hall–Kier alpha value is -3.09. The molecule has 2 N–H and O–H groups in total. The van der Waals surface area contributed by atoms with Crippen LogP contribution in [0.3, 0.4) is 0 Å². The first kappa shape index (κ1) is 19.2. The Balaban J connectivity index is 1.78. The van der Waals surface area contributed by atoms with Gasteiger partial charge in [-0.2, -0.15) is 0 Å². The number of carbonyl (C=O) groups excluding carboxylic acids is 1. The van der Waals surface area contributed by atoms with Gasteiger partial charge in [0.05, 0.1) is 6.61 Å². The summed E-state index contributed by atoms with van der Waals surface area (Å²) in [5.74, 6) is -1.19. The Morgan fingerprint density at radius 1 is 1.12 bits per heavy atom. The number of halogens is 1. The van der Waals surface area contributed by atoms with Gasteiger partial charge in [0, 0.05) is 12.1 Å². The summed E-state index contributed by atoms with van der Waals surface area (Å²) in [4.78, 5) is 22.3. The molecule has 0 heterocycles. The molecule has 26 heavy (non-hydrogen) atoms. The lowest BCUT2D eigenvalue weighted by Crippen LogP contribution is -2.20. The number of hydrogen-bond donors (Lipinski definition) is 2. The van der Waals surface area contributed by atoms with Crippen molar-refractivity contribution in [2.75, 3.05) is 18.5 Å². The summed E-state index contributed by atoms with van der Waals surface area (Å²) in [6, 6.07) is 11.1. The van der Waals surface area contributed by atoms with E-state index in [1.807, 2.05) is 0 Å². The summed E-state index contributed by atoms with van der Waals surface area (Å²) >= 11 is 0. The lowest BCUT2D eigenvalue weighted by molar-refractivity contribution is -0.137. The van der Waals surface area contributed by atoms with E-state index in [1.54, 1.807) is 37.3 Å². The maximum atomic E-state index is 13.6. The zero-order valence-electron chi connectivity index (χ0n) is 14.3. The molecule has 0 aromatic heterocycles. The number of rotatable bonds is 9. The van der Waals surface area contributed by atoms with Crippen molar-refractivity contribution in [1.29, 1.82) is 0 Å². The average molecular weight is 361 g/mol. The number of carboxylic acid groups (broad SMARTS) is 1. The number of nitrogens with one attached hydrogen (secondary N) is 1. The fourth-order valence-electron chi connectivity index (χ4n) is 2.11. The van der Waals surface area contributed by atoms with E-state index in [0.717, 1.165) is 5.56 Å². The summed E-state index contributed by atoms with van der Waals surface area (Å²) in [5.41, 5.74) is 1.38. The first-order valence-electron chi connectivity index (χ1n) is 8.07. The quantitative estimate of drug-likeness (QED) is 0.669. The van der Waals surface area contributed by atoms with Gasteiger partial charge in [0.15, 0.2) is 18.2 Å². The SMILES string of the molecule is Cc1ccc(F)c(OCC(=O)Nc2ccc(OCCCC(=O)O)cc2)c1. The Morgan fingerprint density at radius 2 is 1.85 bits per heavy atom. The summed E-state index contributed by atoms with van der Waals surface area (Å²) in [6.07, 6.45) is 0.469. The molecular formula is C19H20FNO5. The maximum Gasteiger partial charge on any atom is 0.303 e. The lowest BCUT2D eigenvalue weighted by atomic mass is 10.2. The first-order valence-corrected chi connectivity index (χ1v) is 8.07. The normalized spacial score (nSPS) is 10.2. The molecule has 0 unspecified atom stereocenters. The monoisotopic (exact) mass is 361 g/mol. The molecule has 0 bridgehead atoms. The number of hydrogen-bond acceptors (Lipinski definition) is 4. The van der Waals surface area contributed by atoms with Crippen LogP contribution in [0.4, 0.5) is 10.1 Å². The van der Waals surface area contributed by atoms with Crippen molar-refractivity contribution in [3.63, 3.8) is 0 Å². The van der Waals surface area contributed by atoms with Gasteiger partial charge in [-0.3, -0.25) is 9.59 Å². The van der Waals surface area contributed by atoms with Gasteiger partial charge in [-0.15, -0.1) is 0 Å². The van der Waals surface area contributed by atoms with Crippen LogP contribution in [-0.2, 0) is 9.59 Å². The van der Waals surface area contributed by atoms with Crippen molar-refractivity contribution in [2.45, 2.75) is 19.8 Å². The minimum atomic E-state index is -0.862. The zero-order chi connectivity index (χ0) is 18.9. The van der Waals surface area contributed by atoms with Gasteiger partial charge < -0.3 is 19.9 Å². The van der Waals surface area contributed by atoms with Gasteiger partial charge in [-0.1, -0.05) is 6.07 Å². The molecule has 6 nitrogen and oxygen atoms in total. The summed E-state index contributed by atoms with van der Waals surface area (Å²) < 4.78 is 24.2. The third kappa shape index (κ3) is 6.43. The Kier molecular flexibility index (Phi) is 6.96. The van der Waals surface area contributed by atoms with E-state index in [2.05, 4.69) is 5.32 Å². The van der Waals surface area contributed by atoms with Crippen LogP contribution in [0.1, 0.15) is 18.4 Å². The van der Waals surface area contributed by atoms with E-state index in [9.17, 15) is 14.0 Å². The average Bonchev–Trinajstić information content (AvgIpc) is 2.61. The lowest BCUT2D eigenvalue weighted by Gasteiger charge is -2.10. The molecule has 0 spiro atoms. The smallest absolute Gasteiger partial charge is 0.303 e. The van der Waals surface area contributed by atoms with Crippen LogP contribution in [0.15, 0.2) is 42.5 Å². The summed E-state index contributed by atoms with van der Waals surface area (Å²) in [7, 11) is 0. The van der Waals surface area contributed by atoms with Gasteiger partial charge >= 0.3 is 5.97 Å². The van der Waals surface area contributed by atoms with E-state index >= 15 is 0 Å². The highest BCUT2D eigenvalue weighted by Crippen LogP contribution is 2.19. The van der Waals surface area contributed by atoms with E-state index in [0.29, 0.717) is 24.5 Å². The zero-order valence-corrected chi connectivity index (χ0v) is 14.3. The van der Waals surface area contributed by atoms with Crippen molar-refractivity contribution in [1.82, 2.24) is 0 Å². The molecule has 138 valence electrons. The summed E-state index contributed by atoms with van der Waals surface area (Å²) in [6.45, 7) is 1.79. The molecule has 0 radical (unpaired) electrons. The Bertz CT molecular complexity index is 761. The van der Waals surface area contributed by atoms with Crippen LogP contribution in [-0.4, -0.2) is 30.2 Å². The van der Waals surface area contributed by atoms with Crippen molar-refractivity contribution in [3.05, 3.63) is 53.8 Å². The van der Waals surface area contributed by atoms with E-state index in [-0.39, 0.29) is 18.8 Å². The largest absolute Gasteiger partial charge is 0.494 e. The first-order chi connectivity index (χ1) is 12.4. The molecule has 0 atom stereocenters. The van der Waals surface area contributed by atoms with Crippen LogP contribution in [0.2, 0.25) is 0 Å². The molecule has 2 rings (SSSR count). The van der Waals surface area contributed by atoms with Crippen molar-refractivity contribution in [3.8, 4) is 11.5 Å². The molecule has 2 aromatic carbocycles. The predicted octanol–water partition coefficient (Wildman–Crippen LogP) is 3.40. The highest BCUT2D eigenvalue weighted by atomic mass is 19.1. The Labute approximate surface area is 150 Å². The number of carbonyl (C=O) groups is 2. The molecule has 0 saturated carbocycles. The second-order valence-electron chi connectivity index (χ2n) is 5.64. The van der Waals surface area contributed by atoms with Crippen LogP contribution >= 0.6 is 0 Å². The summed E-state index contributed by atoms with van der Waals surface area (Å²) in [5, 5.41) is 11.2. The number of carboxylic acids is 1. The molecule has 2 aromatic rings. The van der Waals surface area contributed by atoms with E-state index < -0.39 is 17.7 Å². The van der Waals surface area contributed by atoms with Crippen LogP contribution in [0.5, 0.6) is 11.5 Å². The van der Waals surface area contributed by atoms with Crippen LogP contribution in [0.25, 0.3) is 0 Å². The van der Waals surface area contributed by atoms with Gasteiger partial charge in [-0.05, 0) is 55.3 Å². The highest BCUT2D eigenvalue weighted by Gasteiger charge is 2.08. The van der Waals surface area contributed by atoms with Crippen molar-refractivity contribution in [2.24, 2.45) is 0 Å². The van der Waals surface area contributed by atoms with Crippen molar-refractivity contribution >= 4 is 17.6 Å². The fourth-order valence-corrected chi connectivity index (χ4v) is 2.11. The minimum Gasteiger partial charge on any atom is -0.494 e. The van der Waals surface area contributed by atoms with Gasteiger partial charge in [0.1, 0.15) is 5.75 Å². The second kappa shape index (κ2) is 9.41. The molecular weight excluding hydrogens is 341 g/mol. The molecule has 1 amide bonds. The van der Waals surface area contributed by atoms with E-state index in [4.69, 9.17) is 14.6 Å². The fraction of sp³-hybridized carbons (Fsp3) is 0.263. The maximum absolute atomic E-state index is 13.6. The van der Waals surface area contributed by atoms with Gasteiger partial charge in [0.2, 0.25) is 0 Å². The molecule has 7 heteroatoms. The predicted molar refractivity (Wildman–Crippen MR) is 94.1 cm³/mol. The van der Waals surface area contributed by atoms with Gasteiger partial charge in [0.25, 0.3) is 5.91 Å². The second-order valence-corrected chi connectivity index (χ2v) is 5.64. The molecule has 0 fully saturated rings. The number of aryl methyl sites for hydroxylation is 1. The topological polar surface area (TPSA) is 84.9 Å². The van der Waals surface area contributed by atoms with Crippen LogP contribution in [0, 0.1) is 12.7 Å². The van der Waals surface area contributed by atoms with Crippen molar-refractivity contribution < 1.29 is 28.6 Å². The third-order valence-electron chi connectivity index (χ3n) is 3.39. The minimum absolute atomic E-state index is 0.0326. The number of amides is 1. The standard InChI is InChI=1S/C19H20FNO5/c1-13-4-9-16(20)17(11-13)26-12-18(22)21-14-5-7-15(8-6-14)25-10-2-3-19(23)24/h4-9,11H,2-3,10,12H2,1H3,(H,21,22)(H,23,24). The van der Waals surface area contributed by atoms with E-state index in [1.165, 1.54) is 12.1 Å². The number of ether oxygens (including phenoxy) is 2. The van der Waals surface area contributed by atoms with Crippen LogP contribution < -0.4 is 14.8 Å². The highest BCUT2D eigenvalue weighted by molar-refractivity contribution is 5.91. The number of anilines is 1. The third-order valence-corrected chi connectivity index (χ3v) is 3.39.